The molecule has 0 amide bonds. The summed E-state index contributed by atoms with van der Waals surface area (Å²) in [6.45, 7) is 4.79. The smallest absolute Gasteiger partial charge is 0.416 e. The Morgan fingerprint density at radius 3 is 2.48 bits per heavy atom. The highest BCUT2D eigenvalue weighted by Gasteiger charge is 2.30. The second-order valence-corrected chi connectivity index (χ2v) is 6.92. The second kappa shape index (κ2) is 7.73. The minimum absolute atomic E-state index is 0.00302. The molecule has 0 fully saturated rings. The summed E-state index contributed by atoms with van der Waals surface area (Å²) in [5, 5.41) is 0.685. The van der Waals surface area contributed by atoms with Gasteiger partial charge in [-0.1, -0.05) is 12.1 Å². The van der Waals surface area contributed by atoms with Crippen LogP contribution in [0.15, 0.2) is 45.6 Å². The molecular weight excluding hydrogens is 385 g/mol. The van der Waals surface area contributed by atoms with Gasteiger partial charge in [-0.25, -0.2) is 4.79 Å². The van der Waals surface area contributed by atoms with E-state index in [1.165, 1.54) is 13.0 Å². The molecule has 0 unspecified atom stereocenters. The van der Waals surface area contributed by atoms with E-state index in [9.17, 15) is 22.8 Å². The van der Waals surface area contributed by atoms with Gasteiger partial charge in [-0.05, 0) is 56.2 Å². The topological polar surface area (TPSA) is 56.5 Å². The number of halogens is 3. The lowest BCUT2D eigenvalue weighted by Crippen LogP contribution is -2.14. The number of aryl methyl sites for hydroxylation is 2. The Labute approximate surface area is 164 Å². The molecule has 0 bridgehead atoms. The number of Topliss-reactive ketones (excluding diaryl/α,β-unsaturated/α-hetero) is 1. The summed E-state index contributed by atoms with van der Waals surface area (Å²) in [5.74, 6) is 0.259. The molecule has 152 valence electrons. The fourth-order valence-electron chi connectivity index (χ4n) is 3.18. The standard InChI is InChI=1S/C22H19F3O4/c1-12(26)9-18-13(2)17-7-8-19(14(3)20(17)29-21(18)27)28-11-15-5-4-6-16(10-15)22(23,24)25/h4-8,10H,9,11H2,1-3H3. The number of ketones is 1. The Kier molecular flexibility index (Phi) is 5.50. The Bertz CT molecular complexity index is 1140. The van der Waals surface area contributed by atoms with Gasteiger partial charge in [-0.2, -0.15) is 13.2 Å². The highest BCUT2D eigenvalue weighted by Crippen LogP contribution is 2.32. The molecule has 0 N–H and O–H groups in total. The minimum atomic E-state index is -4.42. The molecule has 0 saturated carbocycles. The van der Waals surface area contributed by atoms with E-state index in [-0.39, 0.29) is 18.8 Å². The maximum absolute atomic E-state index is 12.9. The number of carbonyl (C=O) groups is 1. The third-order valence-corrected chi connectivity index (χ3v) is 4.73. The normalized spacial score (nSPS) is 11.7. The summed E-state index contributed by atoms with van der Waals surface area (Å²) < 4.78 is 49.7. The van der Waals surface area contributed by atoms with E-state index in [0.29, 0.717) is 39.0 Å². The Balaban J connectivity index is 1.93. The molecular formula is C22H19F3O4. The average molecular weight is 404 g/mol. The maximum atomic E-state index is 12.9. The Morgan fingerprint density at radius 1 is 1.10 bits per heavy atom. The minimum Gasteiger partial charge on any atom is -0.488 e. The first-order valence-electron chi connectivity index (χ1n) is 8.92. The highest BCUT2D eigenvalue weighted by molar-refractivity contribution is 5.87. The molecule has 0 aliphatic heterocycles. The molecule has 1 heterocycles. The van der Waals surface area contributed by atoms with Crippen LogP contribution in [0.25, 0.3) is 11.0 Å². The molecule has 3 rings (SSSR count). The van der Waals surface area contributed by atoms with Gasteiger partial charge in [0.2, 0.25) is 0 Å². The summed E-state index contributed by atoms with van der Waals surface area (Å²) in [4.78, 5) is 23.7. The molecule has 29 heavy (non-hydrogen) atoms. The van der Waals surface area contributed by atoms with E-state index in [4.69, 9.17) is 9.15 Å². The molecule has 7 heteroatoms. The van der Waals surface area contributed by atoms with Crippen molar-refractivity contribution in [1.82, 2.24) is 0 Å². The summed E-state index contributed by atoms with van der Waals surface area (Å²) in [5.41, 5.74) is 0.928. The van der Waals surface area contributed by atoms with Crippen LogP contribution in [0.3, 0.4) is 0 Å². The van der Waals surface area contributed by atoms with Crippen LogP contribution in [-0.4, -0.2) is 5.78 Å². The van der Waals surface area contributed by atoms with Gasteiger partial charge in [0.15, 0.2) is 0 Å². The van der Waals surface area contributed by atoms with Crippen LogP contribution in [0.2, 0.25) is 0 Å². The first-order valence-corrected chi connectivity index (χ1v) is 8.92. The monoisotopic (exact) mass is 404 g/mol. The van der Waals surface area contributed by atoms with Crippen LogP contribution in [-0.2, 0) is 24.0 Å². The summed E-state index contributed by atoms with van der Waals surface area (Å²) in [6, 6.07) is 8.30. The molecule has 0 aliphatic carbocycles. The van der Waals surface area contributed by atoms with E-state index >= 15 is 0 Å². The zero-order valence-corrected chi connectivity index (χ0v) is 16.1. The van der Waals surface area contributed by atoms with Gasteiger partial charge in [0.05, 0.1) is 5.56 Å². The first-order chi connectivity index (χ1) is 13.6. The van der Waals surface area contributed by atoms with Gasteiger partial charge >= 0.3 is 11.8 Å². The van der Waals surface area contributed by atoms with Crippen molar-refractivity contribution < 1.29 is 27.1 Å². The predicted molar refractivity (Wildman–Crippen MR) is 102 cm³/mol. The van der Waals surface area contributed by atoms with Crippen molar-refractivity contribution in [3.05, 3.63) is 74.6 Å². The quantitative estimate of drug-likeness (QED) is 0.553. The van der Waals surface area contributed by atoms with E-state index < -0.39 is 17.4 Å². The van der Waals surface area contributed by atoms with Gasteiger partial charge in [-0.15, -0.1) is 0 Å². The van der Waals surface area contributed by atoms with Crippen molar-refractivity contribution in [2.45, 2.75) is 40.0 Å². The lowest BCUT2D eigenvalue weighted by atomic mass is 10.0. The number of ether oxygens (including phenoxy) is 1. The molecule has 4 nitrogen and oxygen atoms in total. The van der Waals surface area contributed by atoms with Crippen molar-refractivity contribution in [3.8, 4) is 5.75 Å². The average Bonchev–Trinajstić information content (AvgIpc) is 2.64. The fourth-order valence-corrected chi connectivity index (χ4v) is 3.18. The van der Waals surface area contributed by atoms with E-state index in [0.717, 1.165) is 12.1 Å². The van der Waals surface area contributed by atoms with Crippen LogP contribution >= 0.6 is 0 Å². The molecule has 0 radical (unpaired) electrons. The van der Waals surface area contributed by atoms with E-state index in [1.54, 1.807) is 32.0 Å². The SMILES string of the molecule is CC(=O)Cc1c(C)c2ccc(OCc3cccc(C(F)(F)F)c3)c(C)c2oc1=O. The molecule has 1 aromatic heterocycles. The van der Waals surface area contributed by atoms with E-state index in [2.05, 4.69) is 0 Å². The summed E-state index contributed by atoms with van der Waals surface area (Å²) in [7, 11) is 0. The molecule has 0 saturated heterocycles. The largest absolute Gasteiger partial charge is 0.488 e. The number of hydrogen-bond acceptors (Lipinski definition) is 4. The lowest BCUT2D eigenvalue weighted by Gasteiger charge is -2.14. The predicted octanol–water partition coefficient (Wildman–Crippen LogP) is 5.14. The highest BCUT2D eigenvalue weighted by atomic mass is 19.4. The van der Waals surface area contributed by atoms with Crippen LogP contribution < -0.4 is 10.4 Å². The fraction of sp³-hybridized carbons (Fsp3) is 0.273. The first kappa shape index (κ1) is 20.6. The molecule has 0 atom stereocenters. The molecule has 2 aromatic carbocycles. The third-order valence-electron chi connectivity index (χ3n) is 4.73. The van der Waals surface area contributed by atoms with E-state index in [1.807, 2.05) is 0 Å². The van der Waals surface area contributed by atoms with Gasteiger partial charge < -0.3 is 9.15 Å². The van der Waals surface area contributed by atoms with Crippen LogP contribution in [0.4, 0.5) is 13.2 Å². The molecule has 0 spiro atoms. The number of benzene rings is 2. The number of alkyl halides is 3. The van der Waals surface area contributed by atoms with Crippen molar-refractivity contribution in [2.75, 3.05) is 0 Å². The zero-order chi connectivity index (χ0) is 21.3. The van der Waals surface area contributed by atoms with Crippen molar-refractivity contribution in [3.63, 3.8) is 0 Å². The summed E-state index contributed by atoms with van der Waals surface area (Å²) >= 11 is 0. The summed E-state index contributed by atoms with van der Waals surface area (Å²) in [6.07, 6.45) is -4.43. The number of hydrogen-bond donors (Lipinski definition) is 0. The zero-order valence-electron chi connectivity index (χ0n) is 16.1. The van der Waals surface area contributed by atoms with Crippen molar-refractivity contribution in [1.29, 1.82) is 0 Å². The van der Waals surface area contributed by atoms with Crippen LogP contribution in [0.1, 0.15) is 34.7 Å². The third kappa shape index (κ3) is 4.34. The second-order valence-electron chi connectivity index (χ2n) is 6.92. The van der Waals surface area contributed by atoms with Gasteiger partial charge in [0, 0.05) is 22.9 Å². The van der Waals surface area contributed by atoms with Crippen molar-refractivity contribution in [2.24, 2.45) is 0 Å². The van der Waals surface area contributed by atoms with Gasteiger partial charge in [0.1, 0.15) is 23.7 Å². The molecule has 0 aliphatic rings. The number of carbonyl (C=O) groups excluding carboxylic acids is 1. The van der Waals surface area contributed by atoms with Crippen LogP contribution in [0.5, 0.6) is 5.75 Å². The Hall–Kier alpha value is -3.09. The Morgan fingerprint density at radius 2 is 1.83 bits per heavy atom. The number of rotatable bonds is 5. The van der Waals surface area contributed by atoms with Gasteiger partial charge in [0.25, 0.3) is 0 Å². The van der Waals surface area contributed by atoms with Crippen LogP contribution in [0, 0.1) is 13.8 Å². The maximum Gasteiger partial charge on any atom is 0.416 e. The lowest BCUT2D eigenvalue weighted by molar-refractivity contribution is -0.137. The molecule has 3 aromatic rings. The number of fused-ring (bicyclic) bond motifs is 1. The van der Waals surface area contributed by atoms with Gasteiger partial charge in [-0.3, -0.25) is 4.79 Å². The van der Waals surface area contributed by atoms with Crippen molar-refractivity contribution >= 4 is 16.8 Å².